The number of para-hydroxylation sites is 2. The van der Waals surface area contributed by atoms with Crippen molar-refractivity contribution in [1.29, 1.82) is 0 Å². The number of sulfonamides is 1. The average molecular weight is 531 g/mol. The molecule has 0 saturated carbocycles. The van der Waals surface area contributed by atoms with Gasteiger partial charge in [0, 0.05) is 37.9 Å². The second kappa shape index (κ2) is 12.2. The second-order valence-electron chi connectivity index (χ2n) is 10.6. The number of pyridine rings is 1. The zero-order chi connectivity index (χ0) is 26.3. The Morgan fingerprint density at radius 1 is 1.05 bits per heavy atom. The minimum Gasteiger partial charge on any atom is -0.489 e. The molecule has 2 aliphatic heterocycles. The lowest BCUT2D eigenvalue weighted by Gasteiger charge is -2.27. The summed E-state index contributed by atoms with van der Waals surface area (Å²) in [5.74, 6) is 1.47. The number of aromatic nitrogens is 1. The van der Waals surface area contributed by atoms with E-state index in [0.717, 1.165) is 31.2 Å². The van der Waals surface area contributed by atoms with Crippen LogP contribution < -0.4 is 14.8 Å². The summed E-state index contributed by atoms with van der Waals surface area (Å²) in [6.07, 6.45) is 5.28. The molecular formula is C27H38N4O5S. The number of nitrogens with one attached hydrogen (secondary N) is 1. The highest BCUT2D eigenvalue weighted by molar-refractivity contribution is 7.89. The number of nitrogens with zero attached hydrogens (tertiary/aromatic N) is 3. The molecule has 4 rings (SSSR count). The summed E-state index contributed by atoms with van der Waals surface area (Å²) in [5.41, 5.74) is 0.796. The Bertz CT molecular complexity index is 1160. The molecule has 0 aliphatic carbocycles. The predicted molar refractivity (Wildman–Crippen MR) is 142 cm³/mol. The van der Waals surface area contributed by atoms with Crippen LogP contribution in [0, 0.1) is 5.41 Å². The van der Waals surface area contributed by atoms with Crippen molar-refractivity contribution in [2.75, 3.05) is 45.1 Å². The van der Waals surface area contributed by atoms with Gasteiger partial charge in [-0.15, -0.1) is 0 Å². The van der Waals surface area contributed by atoms with Crippen molar-refractivity contribution in [3.05, 3.63) is 48.2 Å². The third-order valence-electron chi connectivity index (χ3n) is 6.75. The topological polar surface area (TPSA) is 101 Å². The number of hydrogen-bond donors (Lipinski definition) is 1. The monoisotopic (exact) mass is 530 g/mol. The van der Waals surface area contributed by atoms with Crippen LogP contribution in [-0.2, 0) is 21.4 Å². The van der Waals surface area contributed by atoms with E-state index in [0.29, 0.717) is 50.2 Å². The molecule has 2 aliphatic rings. The van der Waals surface area contributed by atoms with Crippen molar-refractivity contribution in [3.8, 4) is 17.4 Å². The molecule has 0 bridgehead atoms. The van der Waals surface area contributed by atoms with Crippen molar-refractivity contribution < 1.29 is 22.7 Å². The van der Waals surface area contributed by atoms with Gasteiger partial charge in [-0.05, 0) is 55.8 Å². The van der Waals surface area contributed by atoms with Gasteiger partial charge < -0.3 is 14.8 Å². The Hall–Kier alpha value is -2.69. The molecule has 0 unspecified atom stereocenters. The first-order valence-electron chi connectivity index (χ1n) is 13.0. The number of benzene rings is 1. The first-order valence-corrected chi connectivity index (χ1v) is 14.6. The van der Waals surface area contributed by atoms with Gasteiger partial charge in [0.25, 0.3) is 0 Å². The third-order valence-corrected chi connectivity index (χ3v) is 8.63. The molecular weight excluding hydrogens is 492 g/mol. The van der Waals surface area contributed by atoms with Crippen LogP contribution in [0.4, 0.5) is 0 Å². The average Bonchev–Trinajstić information content (AvgIpc) is 3.40. The van der Waals surface area contributed by atoms with Gasteiger partial charge in [0.05, 0.1) is 18.9 Å². The van der Waals surface area contributed by atoms with Crippen LogP contribution in [0.1, 0.15) is 45.1 Å². The van der Waals surface area contributed by atoms with Gasteiger partial charge in [0.1, 0.15) is 0 Å². The molecule has 202 valence electrons. The first-order chi connectivity index (χ1) is 17.7. The van der Waals surface area contributed by atoms with Crippen molar-refractivity contribution in [3.63, 3.8) is 0 Å². The summed E-state index contributed by atoms with van der Waals surface area (Å²) < 4.78 is 38.8. The third kappa shape index (κ3) is 7.90. The smallest absolute Gasteiger partial charge is 0.234 e. The zero-order valence-electron chi connectivity index (χ0n) is 21.8. The van der Waals surface area contributed by atoms with Crippen molar-refractivity contribution in [1.82, 2.24) is 19.5 Å². The molecule has 1 saturated heterocycles. The van der Waals surface area contributed by atoms with E-state index in [2.05, 4.69) is 29.0 Å². The van der Waals surface area contributed by atoms with Crippen LogP contribution in [0.3, 0.4) is 0 Å². The van der Waals surface area contributed by atoms with Crippen LogP contribution in [-0.4, -0.2) is 73.6 Å². The summed E-state index contributed by atoms with van der Waals surface area (Å²) in [5, 5.41) is 2.81. The molecule has 1 fully saturated rings. The molecule has 0 radical (unpaired) electrons. The lowest BCUT2D eigenvalue weighted by Crippen LogP contribution is -2.41. The number of hydrogen-bond acceptors (Lipinski definition) is 7. The van der Waals surface area contributed by atoms with Gasteiger partial charge in [-0.2, -0.15) is 0 Å². The van der Waals surface area contributed by atoms with Gasteiger partial charge in [-0.1, -0.05) is 32.0 Å². The summed E-state index contributed by atoms with van der Waals surface area (Å²) in [4.78, 5) is 19.3. The molecule has 1 aromatic carbocycles. The quantitative estimate of drug-likeness (QED) is 0.611. The molecule has 2 aromatic rings. The molecule has 10 heteroatoms. The van der Waals surface area contributed by atoms with E-state index >= 15 is 0 Å². The minimum absolute atomic E-state index is 0.0653. The maximum Gasteiger partial charge on any atom is 0.234 e. The Balaban J connectivity index is 1.45. The Labute approximate surface area is 220 Å². The maximum absolute atomic E-state index is 12.8. The molecule has 1 N–H and O–H groups in total. The van der Waals surface area contributed by atoms with E-state index in [4.69, 9.17) is 9.47 Å². The summed E-state index contributed by atoms with van der Waals surface area (Å²) >= 11 is 0. The lowest BCUT2D eigenvalue weighted by molar-refractivity contribution is -0.122. The van der Waals surface area contributed by atoms with Crippen molar-refractivity contribution in [2.24, 2.45) is 5.41 Å². The highest BCUT2D eigenvalue weighted by Crippen LogP contribution is 2.34. The van der Waals surface area contributed by atoms with Gasteiger partial charge in [-0.25, -0.2) is 17.7 Å². The van der Waals surface area contributed by atoms with Gasteiger partial charge in [0.15, 0.2) is 11.5 Å². The second-order valence-corrected chi connectivity index (χ2v) is 12.6. The standard InChI is InChI=1S/C27H38N4O5S/c1-27(2)12-8-15-30(20-25(32)28-14-18-37(33,34)31-16-5-6-17-31)19-22-9-7-13-29-26(22)36-24-11-4-3-10-23(24)35-21-27/h3-4,7,9-11,13H,5-6,8,12,14-21H2,1-2H3,(H,28,32). The molecule has 0 atom stereocenters. The van der Waals surface area contributed by atoms with Gasteiger partial charge in [-0.3, -0.25) is 9.69 Å². The van der Waals surface area contributed by atoms with Crippen LogP contribution in [0.25, 0.3) is 0 Å². The van der Waals surface area contributed by atoms with Gasteiger partial charge >= 0.3 is 0 Å². The normalized spacial score (nSPS) is 19.2. The summed E-state index contributed by atoms with van der Waals surface area (Å²) in [7, 11) is -3.33. The fraction of sp³-hybridized carbons (Fsp3) is 0.556. The lowest BCUT2D eigenvalue weighted by atomic mass is 9.88. The number of rotatable bonds is 6. The Morgan fingerprint density at radius 3 is 2.59 bits per heavy atom. The first kappa shape index (κ1) is 27.3. The molecule has 0 spiro atoms. The Morgan fingerprint density at radius 2 is 1.81 bits per heavy atom. The molecule has 9 nitrogen and oxygen atoms in total. The summed E-state index contributed by atoms with van der Waals surface area (Å²) in [6, 6.07) is 11.4. The largest absolute Gasteiger partial charge is 0.489 e. The molecule has 1 aromatic heterocycles. The number of carbonyl (C=O) groups excluding carboxylic acids is 1. The fourth-order valence-electron chi connectivity index (χ4n) is 4.65. The van der Waals surface area contributed by atoms with Crippen molar-refractivity contribution in [2.45, 2.75) is 46.1 Å². The van der Waals surface area contributed by atoms with Crippen LogP contribution >= 0.6 is 0 Å². The predicted octanol–water partition coefficient (Wildman–Crippen LogP) is 3.42. The van der Waals surface area contributed by atoms with E-state index < -0.39 is 10.0 Å². The number of fused-ring (bicyclic) bond motifs is 2. The van der Waals surface area contributed by atoms with E-state index in [1.165, 1.54) is 4.31 Å². The fourth-order valence-corrected chi connectivity index (χ4v) is 6.08. The van der Waals surface area contributed by atoms with E-state index in [1.807, 2.05) is 36.4 Å². The summed E-state index contributed by atoms with van der Waals surface area (Å²) in [6.45, 7) is 7.47. The number of ether oxygens (including phenoxy) is 2. The SMILES string of the molecule is CC1(C)CCCN(CC(=O)NCCS(=O)(=O)N2CCCC2)Cc2cccnc2Oc2ccccc2OC1. The van der Waals surface area contributed by atoms with Crippen molar-refractivity contribution >= 4 is 15.9 Å². The highest BCUT2D eigenvalue weighted by Gasteiger charge is 2.26. The van der Waals surface area contributed by atoms with Crippen LogP contribution in [0.5, 0.6) is 17.4 Å². The highest BCUT2D eigenvalue weighted by atomic mass is 32.2. The van der Waals surface area contributed by atoms with E-state index in [1.54, 1.807) is 6.20 Å². The molecule has 37 heavy (non-hydrogen) atoms. The zero-order valence-corrected chi connectivity index (χ0v) is 22.6. The Kier molecular flexibility index (Phi) is 9.04. The molecule has 1 amide bonds. The molecule has 3 heterocycles. The van der Waals surface area contributed by atoms with E-state index in [9.17, 15) is 13.2 Å². The minimum atomic E-state index is -3.33. The van der Waals surface area contributed by atoms with E-state index in [-0.39, 0.29) is 30.2 Å². The number of carbonyl (C=O) groups is 1. The maximum atomic E-state index is 12.8. The van der Waals surface area contributed by atoms with Crippen LogP contribution in [0.15, 0.2) is 42.6 Å². The van der Waals surface area contributed by atoms with Gasteiger partial charge in [0.2, 0.25) is 21.8 Å². The number of amides is 1. The van der Waals surface area contributed by atoms with Crippen LogP contribution in [0.2, 0.25) is 0 Å².